The average molecular weight is 410 g/mol. The van der Waals surface area contributed by atoms with Crippen LogP contribution in [0.5, 0.6) is 0 Å². The third-order valence-corrected chi connectivity index (χ3v) is 6.06. The number of nitrogens with zero attached hydrogens (tertiary/aromatic N) is 2. The van der Waals surface area contributed by atoms with Crippen molar-refractivity contribution >= 4 is 15.6 Å². The lowest BCUT2D eigenvalue weighted by Gasteiger charge is -2.12. The fourth-order valence-corrected chi connectivity index (χ4v) is 3.83. The minimum absolute atomic E-state index is 0.0737. The van der Waals surface area contributed by atoms with Crippen molar-refractivity contribution in [2.24, 2.45) is 7.05 Å². The van der Waals surface area contributed by atoms with Gasteiger partial charge in [-0.15, -0.1) is 0 Å². The molecule has 3 rings (SSSR count). The van der Waals surface area contributed by atoms with Gasteiger partial charge < -0.3 is 4.57 Å². The lowest BCUT2D eigenvalue weighted by Crippen LogP contribution is -2.20. The summed E-state index contributed by atoms with van der Waals surface area (Å²) in [6.07, 6.45) is 4.87. The quantitative estimate of drug-likeness (QED) is 0.583. The molecule has 0 bridgehead atoms. The molecule has 0 amide bonds. The molecule has 0 fully saturated rings. The highest BCUT2D eigenvalue weighted by atomic mass is 32.2. The van der Waals surface area contributed by atoms with Gasteiger partial charge in [-0.2, -0.15) is 0 Å². The summed E-state index contributed by atoms with van der Waals surface area (Å²) in [5.74, 6) is -0.0737. The summed E-state index contributed by atoms with van der Waals surface area (Å²) in [6, 6.07) is 12.7. The number of Topliss-reactive ketones (excluding diaryl/α,β-unsaturated/α-hetero) is 1. The summed E-state index contributed by atoms with van der Waals surface area (Å²) in [7, 11) is -1.67. The molecule has 0 atom stereocenters. The van der Waals surface area contributed by atoms with Gasteiger partial charge in [0, 0.05) is 32.1 Å². The fraction of sp³-hybridized carbons (Fsp3) is 0.227. The Bertz CT molecular complexity index is 1230. The topological polar surface area (TPSA) is 86.1 Å². The number of rotatable bonds is 6. The summed E-state index contributed by atoms with van der Waals surface area (Å²) in [5, 5.41) is 0. The Labute approximate surface area is 169 Å². The summed E-state index contributed by atoms with van der Waals surface area (Å²) in [4.78, 5) is 27.8. The highest BCUT2D eigenvalue weighted by Crippen LogP contribution is 2.27. The van der Waals surface area contributed by atoms with E-state index in [-0.39, 0.29) is 10.7 Å². The number of aromatic nitrogens is 2. The van der Waals surface area contributed by atoms with E-state index in [1.54, 1.807) is 31.3 Å². The van der Waals surface area contributed by atoms with Gasteiger partial charge in [-0.3, -0.25) is 4.79 Å². The molecule has 0 saturated heterocycles. The zero-order valence-electron chi connectivity index (χ0n) is 16.5. The Morgan fingerprint density at radius 1 is 1.10 bits per heavy atom. The van der Waals surface area contributed by atoms with Gasteiger partial charge in [0.05, 0.1) is 10.5 Å². The van der Waals surface area contributed by atoms with Crippen LogP contribution in [0.3, 0.4) is 0 Å². The van der Waals surface area contributed by atoms with Crippen LogP contribution in [0.25, 0.3) is 11.1 Å². The molecule has 0 saturated carbocycles. The van der Waals surface area contributed by atoms with Crippen LogP contribution in [0, 0.1) is 6.92 Å². The number of carbonyl (C=O) groups is 1. The molecule has 0 aliphatic heterocycles. The van der Waals surface area contributed by atoms with Crippen LogP contribution >= 0.6 is 0 Å². The number of sulfone groups is 1. The minimum atomic E-state index is -3.23. The predicted molar refractivity (Wildman–Crippen MR) is 112 cm³/mol. The van der Waals surface area contributed by atoms with Crippen LogP contribution in [0.4, 0.5) is 0 Å². The van der Waals surface area contributed by atoms with Crippen molar-refractivity contribution in [1.82, 2.24) is 9.55 Å². The lowest BCUT2D eigenvalue weighted by atomic mass is 9.93. The number of aryl methyl sites for hydroxylation is 2. The van der Waals surface area contributed by atoms with Crippen molar-refractivity contribution < 1.29 is 13.2 Å². The highest BCUT2D eigenvalue weighted by Gasteiger charge is 2.12. The normalized spacial score (nSPS) is 11.4. The van der Waals surface area contributed by atoms with Crippen LogP contribution in [-0.2, 0) is 23.3 Å². The number of ketones is 1. The van der Waals surface area contributed by atoms with Gasteiger partial charge in [-0.1, -0.05) is 30.3 Å². The predicted octanol–water partition coefficient (Wildman–Crippen LogP) is 2.97. The van der Waals surface area contributed by atoms with E-state index < -0.39 is 15.5 Å². The van der Waals surface area contributed by atoms with Gasteiger partial charge in [-0.25, -0.2) is 18.2 Å². The molecule has 7 heteroatoms. The molecular formula is C22H22N2O4S. The zero-order chi connectivity index (χ0) is 21.2. The molecule has 2 aromatic carbocycles. The molecule has 0 unspecified atom stereocenters. The molecular weight excluding hydrogens is 388 g/mol. The molecule has 29 heavy (non-hydrogen) atoms. The summed E-state index contributed by atoms with van der Waals surface area (Å²) in [6.45, 7) is 1.99. The third kappa shape index (κ3) is 4.68. The van der Waals surface area contributed by atoms with E-state index in [1.165, 1.54) is 23.2 Å². The largest absolute Gasteiger partial charge is 0.347 e. The zero-order valence-corrected chi connectivity index (χ0v) is 17.4. The van der Waals surface area contributed by atoms with Crippen LogP contribution in [0.2, 0.25) is 0 Å². The van der Waals surface area contributed by atoms with E-state index >= 15 is 0 Å². The molecule has 0 spiro atoms. The summed E-state index contributed by atoms with van der Waals surface area (Å²) >= 11 is 0. The first-order valence-electron chi connectivity index (χ1n) is 9.11. The Hall–Kier alpha value is -3.06. The Morgan fingerprint density at radius 2 is 1.79 bits per heavy atom. The van der Waals surface area contributed by atoms with Gasteiger partial charge in [0.1, 0.15) is 0 Å². The van der Waals surface area contributed by atoms with Gasteiger partial charge in [0.2, 0.25) is 0 Å². The first-order valence-corrected chi connectivity index (χ1v) is 11.0. The first-order chi connectivity index (χ1) is 13.7. The van der Waals surface area contributed by atoms with E-state index in [9.17, 15) is 18.0 Å². The SMILES string of the molecule is Cc1c(CCC(=O)c2cnc(=O)n(C)c2)cccc1-c1ccc(S(C)(=O)=O)cc1. The number of hydrogen-bond acceptors (Lipinski definition) is 5. The smallest absolute Gasteiger partial charge is 0.302 e. The van der Waals surface area contributed by atoms with Gasteiger partial charge in [-0.05, 0) is 47.7 Å². The van der Waals surface area contributed by atoms with Crippen LogP contribution < -0.4 is 5.69 Å². The molecule has 1 heterocycles. The van der Waals surface area contributed by atoms with Crippen molar-refractivity contribution in [3.05, 3.63) is 82.0 Å². The maximum absolute atomic E-state index is 12.5. The highest BCUT2D eigenvalue weighted by molar-refractivity contribution is 7.90. The monoisotopic (exact) mass is 410 g/mol. The Morgan fingerprint density at radius 3 is 2.41 bits per heavy atom. The molecule has 3 aromatic rings. The first kappa shape index (κ1) is 20.7. The molecule has 1 aromatic heterocycles. The second kappa shape index (κ2) is 8.13. The number of benzene rings is 2. The summed E-state index contributed by atoms with van der Waals surface area (Å²) < 4.78 is 24.6. The summed E-state index contributed by atoms with van der Waals surface area (Å²) in [5.41, 5.74) is 4.03. The lowest BCUT2D eigenvalue weighted by molar-refractivity contribution is 0.0981. The standard InChI is InChI=1S/C22H22N2O4S/c1-15-16(9-12-21(25)18-13-23-22(26)24(2)14-18)5-4-6-20(15)17-7-10-19(11-8-17)29(3,27)28/h4-8,10-11,13-14H,9,12H2,1-3H3. The van der Waals surface area contributed by atoms with E-state index in [0.717, 1.165) is 22.3 Å². The third-order valence-electron chi connectivity index (χ3n) is 4.93. The van der Waals surface area contributed by atoms with E-state index in [1.807, 2.05) is 25.1 Å². The van der Waals surface area contributed by atoms with Crippen LogP contribution in [0.1, 0.15) is 27.9 Å². The van der Waals surface area contributed by atoms with Crippen LogP contribution in [0.15, 0.2) is 64.5 Å². The van der Waals surface area contributed by atoms with Crippen molar-refractivity contribution in [3.63, 3.8) is 0 Å². The van der Waals surface area contributed by atoms with Crippen molar-refractivity contribution in [1.29, 1.82) is 0 Å². The van der Waals surface area contributed by atoms with E-state index in [4.69, 9.17) is 0 Å². The molecule has 150 valence electrons. The molecule has 0 aliphatic rings. The van der Waals surface area contributed by atoms with Gasteiger partial charge in [0.15, 0.2) is 15.6 Å². The van der Waals surface area contributed by atoms with Gasteiger partial charge >= 0.3 is 5.69 Å². The van der Waals surface area contributed by atoms with E-state index in [0.29, 0.717) is 18.4 Å². The molecule has 0 radical (unpaired) electrons. The maximum Gasteiger partial charge on any atom is 0.347 e. The maximum atomic E-state index is 12.5. The number of hydrogen-bond donors (Lipinski definition) is 0. The molecule has 0 aliphatic carbocycles. The fourth-order valence-electron chi connectivity index (χ4n) is 3.20. The average Bonchev–Trinajstić information content (AvgIpc) is 2.68. The number of carbonyl (C=O) groups excluding carboxylic acids is 1. The van der Waals surface area contributed by atoms with Crippen molar-refractivity contribution in [3.8, 4) is 11.1 Å². The van der Waals surface area contributed by atoms with Crippen LogP contribution in [-0.4, -0.2) is 30.0 Å². The molecule has 0 N–H and O–H groups in total. The molecule has 6 nitrogen and oxygen atoms in total. The second-order valence-electron chi connectivity index (χ2n) is 7.05. The second-order valence-corrected chi connectivity index (χ2v) is 9.06. The van der Waals surface area contributed by atoms with Crippen molar-refractivity contribution in [2.75, 3.05) is 6.26 Å². The van der Waals surface area contributed by atoms with Gasteiger partial charge in [0.25, 0.3) is 0 Å². The Kier molecular flexibility index (Phi) is 5.79. The van der Waals surface area contributed by atoms with Crippen molar-refractivity contribution in [2.45, 2.75) is 24.7 Å². The Balaban J connectivity index is 1.80. The minimum Gasteiger partial charge on any atom is -0.302 e. The van der Waals surface area contributed by atoms with E-state index in [2.05, 4.69) is 4.98 Å².